The highest BCUT2D eigenvalue weighted by Crippen LogP contribution is 2.41. The maximum Gasteiger partial charge on any atom is 0.0661 e. The Bertz CT molecular complexity index is 1380. The predicted octanol–water partition coefficient (Wildman–Crippen LogP) is 8.21. The average molecular weight is 439 g/mol. The molecule has 6 rings (SSSR count). The van der Waals surface area contributed by atoms with Crippen LogP contribution in [0.25, 0.3) is 16.7 Å². The Kier molecular flexibility index (Phi) is 5.33. The Morgan fingerprint density at radius 3 is 2.06 bits per heavy atom. The van der Waals surface area contributed by atoms with Gasteiger partial charge in [0.25, 0.3) is 0 Å². The zero-order valence-electron chi connectivity index (χ0n) is 18.9. The van der Waals surface area contributed by atoms with Gasteiger partial charge >= 0.3 is 0 Å². The van der Waals surface area contributed by atoms with E-state index in [9.17, 15) is 0 Å². The summed E-state index contributed by atoms with van der Waals surface area (Å²) < 4.78 is 0. The van der Waals surface area contributed by atoms with Crippen LogP contribution in [-0.2, 0) is 0 Å². The first kappa shape index (κ1) is 20.3. The van der Waals surface area contributed by atoms with E-state index in [-0.39, 0.29) is 6.04 Å². The molecule has 4 aromatic rings. The third-order valence-corrected chi connectivity index (χ3v) is 6.51. The third-order valence-electron chi connectivity index (χ3n) is 6.51. The molecule has 1 aliphatic carbocycles. The molecule has 164 valence electrons. The van der Waals surface area contributed by atoms with E-state index in [0.29, 0.717) is 0 Å². The highest BCUT2D eigenvalue weighted by atomic mass is 15.2. The van der Waals surface area contributed by atoms with E-state index >= 15 is 0 Å². The molecule has 1 atom stereocenters. The SMILES string of the molecule is C1=C2/C=C\C(c3ccccc3)=C/CC1N(c1ccccc1)c1cc(-c3ccccc3)ccc1N2. The molecule has 2 bridgehead atoms. The summed E-state index contributed by atoms with van der Waals surface area (Å²) in [6.07, 6.45) is 10.0. The van der Waals surface area contributed by atoms with E-state index in [1.165, 1.54) is 33.6 Å². The standard InChI is InChI=1S/C32H26N2/c1-4-10-24(11-5-1)26-16-19-28-23-30(20-17-26)34(29-14-8-3-9-15-29)32-22-27(18-21-31(32)33-28)25-12-6-2-7-13-25/h1-19,21-23,30,33H,20H2/b19-16-,26-17+. The molecule has 0 saturated heterocycles. The lowest BCUT2D eigenvalue weighted by atomic mass is 9.98. The van der Waals surface area contributed by atoms with Crippen molar-refractivity contribution in [2.45, 2.75) is 12.5 Å². The van der Waals surface area contributed by atoms with Crippen molar-refractivity contribution in [2.75, 3.05) is 10.2 Å². The molecule has 1 N–H and O–H groups in total. The highest BCUT2D eigenvalue weighted by Gasteiger charge is 2.26. The van der Waals surface area contributed by atoms with Gasteiger partial charge in [0.05, 0.1) is 17.4 Å². The molecule has 2 aliphatic rings. The van der Waals surface area contributed by atoms with Crippen molar-refractivity contribution < 1.29 is 0 Å². The first-order valence-corrected chi connectivity index (χ1v) is 11.8. The number of para-hydroxylation sites is 1. The van der Waals surface area contributed by atoms with Crippen LogP contribution < -0.4 is 10.2 Å². The van der Waals surface area contributed by atoms with Crippen molar-refractivity contribution in [3.8, 4) is 11.1 Å². The molecule has 0 radical (unpaired) electrons. The summed E-state index contributed by atoms with van der Waals surface area (Å²) in [5.74, 6) is 0. The lowest BCUT2D eigenvalue weighted by molar-refractivity contribution is 0.794. The Balaban J connectivity index is 1.49. The van der Waals surface area contributed by atoms with Crippen molar-refractivity contribution in [1.29, 1.82) is 0 Å². The second-order valence-corrected chi connectivity index (χ2v) is 8.71. The fraction of sp³-hybridized carbons (Fsp3) is 0.0625. The van der Waals surface area contributed by atoms with Crippen LogP contribution in [-0.4, -0.2) is 6.04 Å². The molecule has 0 amide bonds. The van der Waals surface area contributed by atoms with Crippen molar-refractivity contribution in [3.05, 3.63) is 145 Å². The van der Waals surface area contributed by atoms with Crippen LogP contribution >= 0.6 is 0 Å². The van der Waals surface area contributed by atoms with Gasteiger partial charge in [0.15, 0.2) is 0 Å². The first-order chi connectivity index (χ1) is 16.8. The summed E-state index contributed by atoms with van der Waals surface area (Å²) in [5.41, 5.74) is 9.56. The van der Waals surface area contributed by atoms with Crippen molar-refractivity contribution in [1.82, 2.24) is 0 Å². The largest absolute Gasteiger partial charge is 0.354 e. The fourth-order valence-corrected chi connectivity index (χ4v) is 4.83. The highest BCUT2D eigenvalue weighted by molar-refractivity contribution is 5.86. The van der Waals surface area contributed by atoms with Crippen LogP contribution in [0, 0.1) is 0 Å². The Morgan fingerprint density at radius 1 is 0.647 bits per heavy atom. The molecular weight excluding hydrogens is 412 g/mol. The molecule has 0 saturated carbocycles. The van der Waals surface area contributed by atoms with E-state index < -0.39 is 0 Å². The maximum atomic E-state index is 3.71. The second-order valence-electron chi connectivity index (χ2n) is 8.71. The summed E-state index contributed by atoms with van der Waals surface area (Å²) in [7, 11) is 0. The molecule has 1 heterocycles. The third kappa shape index (κ3) is 3.95. The molecule has 0 aromatic heterocycles. The van der Waals surface area contributed by atoms with Crippen LogP contribution in [0.3, 0.4) is 0 Å². The Morgan fingerprint density at radius 2 is 1.32 bits per heavy atom. The summed E-state index contributed by atoms with van der Waals surface area (Å²) in [5, 5.41) is 3.71. The smallest absolute Gasteiger partial charge is 0.0661 e. The van der Waals surface area contributed by atoms with Crippen LogP contribution in [0.4, 0.5) is 17.1 Å². The minimum atomic E-state index is 0.181. The van der Waals surface area contributed by atoms with Crippen molar-refractivity contribution >= 4 is 22.6 Å². The quantitative estimate of drug-likeness (QED) is 0.347. The van der Waals surface area contributed by atoms with E-state index in [1.54, 1.807) is 0 Å². The molecule has 2 nitrogen and oxygen atoms in total. The molecule has 1 aliphatic heterocycles. The van der Waals surface area contributed by atoms with Gasteiger partial charge in [-0.05, 0) is 65.1 Å². The van der Waals surface area contributed by atoms with Gasteiger partial charge in [-0.25, -0.2) is 0 Å². The number of benzene rings is 4. The summed E-state index contributed by atoms with van der Waals surface area (Å²) in [6, 6.07) is 38.9. The number of hydrogen-bond acceptors (Lipinski definition) is 2. The lowest BCUT2D eigenvalue weighted by Crippen LogP contribution is -2.29. The number of hydrogen-bond donors (Lipinski definition) is 1. The molecule has 0 spiro atoms. The number of nitrogens with one attached hydrogen (secondary N) is 1. The minimum absolute atomic E-state index is 0.181. The zero-order valence-corrected chi connectivity index (χ0v) is 18.9. The zero-order chi connectivity index (χ0) is 22.7. The van der Waals surface area contributed by atoms with Gasteiger partial charge in [-0.15, -0.1) is 0 Å². The number of nitrogens with zero attached hydrogens (tertiary/aromatic N) is 1. The summed E-state index contributed by atoms with van der Waals surface area (Å²) >= 11 is 0. The second kappa shape index (κ2) is 8.92. The van der Waals surface area contributed by atoms with Crippen LogP contribution in [0.15, 0.2) is 139 Å². The van der Waals surface area contributed by atoms with Gasteiger partial charge in [0.2, 0.25) is 0 Å². The number of fused-ring (bicyclic) bond motifs is 2. The monoisotopic (exact) mass is 438 g/mol. The normalized spacial score (nSPS) is 19.3. The van der Waals surface area contributed by atoms with E-state index in [2.05, 4.69) is 144 Å². The van der Waals surface area contributed by atoms with E-state index in [4.69, 9.17) is 0 Å². The molecule has 2 heteroatoms. The van der Waals surface area contributed by atoms with E-state index in [0.717, 1.165) is 17.8 Å². The number of allylic oxidation sites excluding steroid dienone is 3. The van der Waals surface area contributed by atoms with Gasteiger partial charge in [0.1, 0.15) is 0 Å². The maximum absolute atomic E-state index is 3.71. The van der Waals surface area contributed by atoms with Gasteiger partial charge in [0, 0.05) is 11.4 Å². The number of rotatable bonds is 3. The first-order valence-electron chi connectivity index (χ1n) is 11.8. The van der Waals surface area contributed by atoms with Crippen LogP contribution in [0.2, 0.25) is 0 Å². The van der Waals surface area contributed by atoms with Gasteiger partial charge < -0.3 is 10.2 Å². The molecule has 1 unspecified atom stereocenters. The summed E-state index contributed by atoms with van der Waals surface area (Å²) in [6.45, 7) is 0. The Hall–Kier alpha value is -4.30. The fourth-order valence-electron chi connectivity index (χ4n) is 4.83. The van der Waals surface area contributed by atoms with Gasteiger partial charge in [-0.2, -0.15) is 0 Å². The molecular formula is C32H26N2. The Labute approximate surface area is 201 Å². The summed E-state index contributed by atoms with van der Waals surface area (Å²) in [4.78, 5) is 2.47. The topological polar surface area (TPSA) is 15.3 Å². The molecule has 34 heavy (non-hydrogen) atoms. The van der Waals surface area contributed by atoms with Crippen molar-refractivity contribution in [3.63, 3.8) is 0 Å². The number of anilines is 3. The lowest BCUT2D eigenvalue weighted by Gasteiger charge is -2.32. The van der Waals surface area contributed by atoms with E-state index in [1.807, 2.05) is 0 Å². The van der Waals surface area contributed by atoms with Crippen LogP contribution in [0.5, 0.6) is 0 Å². The van der Waals surface area contributed by atoms with Gasteiger partial charge in [-0.3, -0.25) is 0 Å². The average Bonchev–Trinajstić information content (AvgIpc) is 3.06. The van der Waals surface area contributed by atoms with Gasteiger partial charge in [-0.1, -0.05) is 97.1 Å². The minimum Gasteiger partial charge on any atom is -0.354 e. The van der Waals surface area contributed by atoms with Crippen molar-refractivity contribution in [2.24, 2.45) is 0 Å². The molecule has 4 aromatic carbocycles. The van der Waals surface area contributed by atoms with Crippen LogP contribution in [0.1, 0.15) is 12.0 Å². The molecule has 0 fully saturated rings. The predicted molar refractivity (Wildman–Crippen MR) is 144 cm³/mol.